The molecular weight excluding hydrogens is 273 g/mol. The van der Waals surface area contributed by atoms with Crippen molar-refractivity contribution < 1.29 is 22.7 Å². The lowest BCUT2D eigenvalue weighted by Gasteiger charge is -2.11. The van der Waals surface area contributed by atoms with Gasteiger partial charge in [0, 0.05) is 0 Å². The van der Waals surface area contributed by atoms with Crippen molar-refractivity contribution in [2.45, 2.75) is 26.1 Å². The smallest absolute Gasteiger partial charge is 0.369 e. The topological polar surface area (TPSA) is 62.1 Å². The zero-order valence-electron chi connectivity index (χ0n) is 10.9. The normalized spacial score (nSPS) is 11.2. The summed E-state index contributed by atoms with van der Waals surface area (Å²) in [4.78, 5) is 11.5. The number of benzene rings is 1. The predicted molar refractivity (Wildman–Crippen MR) is 65.9 cm³/mol. The molecule has 0 saturated heterocycles. The van der Waals surface area contributed by atoms with E-state index < -0.39 is 17.6 Å². The van der Waals surface area contributed by atoms with Crippen LogP contribution in [0.5, 0.6) is 0 Å². The molecule has 1 aromatic rings. The number of alkyl halides is 3. The summed E-state index contributed by atoms with van der Waals surface area (Å²) in [6.45, 7) is 3.25. The van der Waals surface area contributed by atoms with E-state index >= 15 is 0 Å². The average molecular weight is 286 g/mol. The standard InChI is InChI=1S/C13H13F3N2O2/c1-8(2)20-7-12(19)18-11-4-3-10(13(14,15)16)5-9(11)6-17/h3-5,8H,7H2,1-2H3,(H,18,19). The highest BCUT2D eigenvalue weighted by atomic mass is 19.4. The number of nitriles is 1. The van der Waals surface area contributed by atoms with Crippen LogP contribution in [-0.4, -0.2) is 18.6 Å². The molecule has 0 aliphatic rings. The van der Waals surface area contributed by atoms with Crippen molar-refractivity contribution in [2.75, 3.05) is 11.9 Å². The first-order valence-electron chi connectivity index (χ1n) is 5.77. The Morgan fingerprint density at radius 3 is 2.60 bits per heavy atom. The molecule has 108 valence electrons. The number of hydrogen-bond donors (Lipinski definition) is 1. The summed E-state index contributed by atoms with van der Waals surface area (Å²) < 4.78 is 42.5. The Hall–Kier alpha value is -2.07. The summed E-state index contributed by atoms with van der Waals surface area (Å²) in [5.74, 6) is -0.532. The maximum Gasteiger partial charge on any atom is 0.416 e. The Bertz CT molecular complexity index is 533. The van der Waals surface area contributed by atoms with Crippen LogP contribution in [0.2, 0.25) is 0 Å². The monoisotopic (exact) mass is 286 g/mol. The van der Waals surface area contributed by atoms with Gasteiger partial charge in [0.05, 0.1) is 22.9 Å². The van der Waals surface area contributed by atoms with Gasteiger partial charge in [-0.25, -0.2) is 0 Å². The van der Waals surface area contributed by atoms with E-state index in [1.165, 1.54) is 0 Å². The second kappa shape index (κ2) is 6.39. The second-order valence-corrected chi connectivity index (χ2v) is 4.28. The Labute approximate surface area is 114 Å². The van der Waals surface area contributed by atoms with Gasteiger partial charge in [0.1, 0.15) is 12.7 Å². The minimum Gasteiger partial charge on any atom is -0.369 e. The minimum absolute atomic E-state index is 0.0258. The van der Waals surface area contributed by atoms with E-state index in [1.54, 1.807) is 19.9 Å². The van der Waals surface area contributed by atoms with Crippen LogP contribution < -0.4 is 5.32 Å². The molecule has 0 atom stereocenters. The molecule has 0 spiro atoms. The molecule has 0 radical (unpaired) electrons. The van der Waals surface area contributed by atoms with Gasteiger partial charge in [-0.05, 0) is 32.0 Å². The van der Waals surface area contributed by atoms with Crippen LogP contribution in [0.1, 0.15) is 25.0 Å². The van der Waals surface area contributed by atoms with Crippen LogP contribution in [0.25, 0.3) is 0 Å². The van der Waals surface area contributed by atoms with Crippen LogP contribution in [0.3, 0.4) is 0 Å². The molecule has 0 bridgehead atoms. The third-order valence-electron chi connectivity index (χ3n) is 2.29. The first-order chi connectivity index (χ1) is 9.24. The van der Waals surface area contributed by atoms with Crippen LogP contribution in [0.15, 0.2) is 18.2 Å². The molecule has 0 aliphatic heterocycles. The number of anilines is 1. The van der Waals surface area contributed by atoms with E-state index in [4.69, 9.17) is 10.00 Å². The van der Waals surface area contributed by atoms with Crippen molar-refractivity contribution in [1.29, 1.82) is 5.26 Å². The summed E-state index contributed by atoms with van der Waals surface area (Å²) in [5.41, 5.74) is -1.17. The molecule has 0 aliphatic carbocycles. The summed E-state index contributed by atoms with van der Waals surface area (Å²) in [5, 5.41) is 11.2. The molecule has 0 fully saturated rings. The fourth-order valence-corrected chi connectivity index (χ4v) is 1.35. The van der Waals surface area contributed by atoms with Crippen molar-refractivity contribution >= 4 is 11.6 Å². The first kappa shape index (κ1) is 16.0. The number of carbonyl (C=O) groups is 1. The number of rotatable bonds is 4. The summed E-state index contributed by atoms with van der Waals surface area (Å²) in [6.07, 6.45) is -4.68. The Kier molecular flexibility index (Phi) is 5.11. The number of hydrogen-bond acceptors (Lipinski definition) is 3. The van der Waals surface area contributed by atoms with E-state index in [2.05, 4.69) is 5.32 Å². The molecular formula is C13H13F3N2O2. The highest BCUT2D eigenvalue weighted by molar-refractivity contribution is 5.93. The van der Waals surface area contributed by atoms with Gasteiger partial charge in [-0.3, -0.25) is 4.79 Å². The number of ether oxygens (including phenoxy) is 1. The van der Waals surface area contributed by atoms with Gasteiger partial charge in [0.2, 0.25) is 5.91 Å². The van der Waals surface area contributed by atoms with Gasteiger partial charge in [-0.1, -0.05) is 0 Å². The molecule has 0 saturated carbocycles. The van der Waals surface area contributed by atoms with E-state index in [9.17, 15) is 18.0 Å². The highest BCUT2D eigenvalue weighted by Gasteiger charge is 2.31. The molecule has 7 heteroatoms. The molecule has 20 heavy (non-hydrogen) atoms. The lowest BCUT2D eigenvalue weighted by atomic mass is 10.1. The van der Waals surface area contributed by atoms with Crippen molar-refractivity contribution in [3.63, 3.8) is 0 Å². The fourth-order valence-electron chi connectivity index (χ4n) is 1.35. The number of amides is 1. The van der Waals surface area contributed by atoms with Crippen molar-refractivity contribution in [3.8, 4) is 6.07 Å². The predicted octanol–water partition coefficient (Wildman–Crippen LogP) is 2.94. The van der Waals surface area contributed by atoms with E-state index in [0.29, 0.717) is 6.07 Å². The molecule has 1 amide bonds. The Balaban J connectivity index is 2.87. The molecule has 0 aromatic heterocycles. The zero-order valence-corrected chi connectivity index (χ0v) is 10.9. The minimum atomic E-state index is -4.53. The first-order valence-corrected chi connectivity index (χ1v) is 5.77. The van der Waals surface area contributed by atoms with E-state index in [-0.39, 0.29) is 24.0 Å². The Morgan fingerprint density at radius 2 is 2.10 bits per heavy atom. The average Bonchev–Trinajstić information content (AvgIpc) is 2.35. The number of carbonyl (C=O) groups excluding carboxylic acids is 1. The summed E-state index contributed by atoms with van der Waals surface area (Å²) in [6, 6.07) is 4.17. The highest BCUT2D eigenvalue weighted by Crippen LogP contribution is 2.31. The van der Waals surface area contributed by atoms with Crippen molar-refractivity contribution in [2.24, 2.45) is 0 Å². The molecule has 4 nitrogen and oxygen atoms in total. The van der Waals surface area contributed by atoms with Gasteiger partial charge in [0.25, 0.3) is 0 Å². The SMILES string of the molecule is CC(C)OCC(=O)Nc1ccc(C(F)(F)F)cc1C#N. The third-order valence-corrected chi connectivity index (χ3v) is 2.29. The fraction of sp³-hybridized carbons (Fsp3) is 0.385. The lowest BCUT2D eigenvalue weighted by Crippen LogP contribution is -2.21. The van der Waals surface area contributed by atoms with Gasteiger partial charge < -0.3 is 10.1 Å². The maximum atomic E-state index is 12.5. The van der Waals surface area contributed by atoms with Gasteiger partial charge in [-0.15, -0.1) is 0 Å². The summed E-state index contributed by atoms with van der Waals surface area (Å²) >= 11 is 0. The van der Waals surface area contributed by atoms with Crippen LogP contribution >= 0.6 is 0 Å². The van der Waals surface area contributed by atoms with Crippen LogP contribution in [0.4, 0.5) is 18.9 Å². The van der Waals surface area contributed by atoms with Gasteiger partial charge in [-0.2, -0.15) is 18.4 Å². The van der Waals surface area contributed by atoms with Crippen molar-refractivity contribution in [3.05, 3.63) is 29.3 Å². The number of halogens is 3. The number of nitrogens with zero attached hydrogens (tertiary/aromatic N) is 1. The van der Waals surface area contributed by atoms with Crippen LogP contribution in [-0.2, 0) is 15.7 Å². The molecule has 1 aromatic carbocycles. The second-order valence-electron chi connectivity index (χ2n) is 4.28. The number of nitrogens with one attached hydrogen (secondary N) is 1. The Morgan fingerprint density at radius 1 is 1.45 bits per heavy atom. The molecule has 1 N–H and O–H groups in total. The van der Waals surface area contributed by atoms with Crippen molar-refractivity contribution in [1.82, 2.24) is 0 Å². The summed E-state index contributed by atoms with van der Waals surface area (Å²) in [7, 11) is 0. The molecule has 0 unspecified atom stereocenters. The molecule has 0 heterocycles. The maximum absolute atomic E-state index is 12.5. The lowest BCUT2D eigenvalue weighted by molar-refractivity contribution is -0.137. The van der Waals surface area contributed by atoms with E-state index in [0.717, 1.165) is 12.1 Å². The van der Waals surface area contributed by atoms with Crippen LogP contribution in [0, 0.1) is 11.3 Å². The third kappa shape index (κ3) is 4.55. The van der Waals surface area contributed by atoms with Gasteiger partial charge in [0.15, 0.2) is 0 Å². The van der Waals surface area contributed by atoms with Gasteiger partial charge >= 0.3 is 6.18 Å². The molecule has 1 rings (SSSR count). The van der Waals surface area contributed by atoms with E-state index in [1.807, 2.05) is 0 Å². The largest absolute Gasteiger partial charge is 0.416 e. The quantitative estimate of drug-likeness (QED) is 0.925. The zero-order chi connectivity index (χ0) is 15.3.